The number of hydrogen-bond donors (Lipinski definition) is 1. The van der Waals surface area contributed by atoms with Gasteiger partial charge < -0.3 is 4.57 Å². The zero-order chi connectivity index (χ0) is 18.1. The summed E-state index contributed by atoms with van der Waals surface area (Å²) in [5.41, 5.74) is 4.96. The molecule has 0 saturated carbocycles. The number of pyridine rings is 1. The number of hydrazone groups is 1. The highest BCUT2D eigenvalue weighted by atomic mass is 19.4. The summed E-state index contributed by atoms with van der Waals surface area (Å²) >= 11 is 0. The molecule has 0 aliphatic heterocycles. The van der Waals surface area contributed by atoms with E-state index >= 15 is 0 Å². The first kappa shape index (κ1) is 18.0. The molecule has 0 amide bonds. The Bertz CT molecular complexity index is 735. The molecule has 0 aliphatic rings. The number of halogens is 3. The van der Waals surface area contributed by atoms with Gasteiger partial charge >= 0.3 is 6.18 Å². The quantitative estimate of drug-likeness (QED) is 0.650. The predicted molar refractivity (Wildman–Crippen MR) is 89.4 cm³/mol. The molecule has 2 rings (SSSR count). The second-order valence-electron chi connectivity index (χ2n) is 6.63. The molecule has 0 fully saturated rings. The van der Waals surface area contributed by atoms with E-state index in [9.17, 15) is 13.2 Å². The first-order valence-corrected chi connectivity index (χ1v) is 7.52. The molecule has 2 heterocycles. The Balaban J connectivity index is 2.13. The molecule has 0 saturated heterocycles. The Kier molecular flexibility index (Phi) is 4.73. The molecule has 0 bridgehead atoms. The molecule has 0 unspecified atom stereocenters. The molecule has 7 heteroatoms. The van der Waals surface area contributed by atoms with Crippen LogP contribution in [0.3, 0.4) is 0 Å². The Morgan fingerprint density at radius 3 is 2.29 bits per heavy atom. The highest BCUT2D eigenvalue weighted by molar-refractivity contribution is 5.82. The van der Waals surface area contributed by atoms with Crippen molar-refractivity contribution in [1.29, 1.82) is 0 Å². The third kappa shape index (κ3) is 3.96. The van der Waals surface area contributed by atoms with Crippen molar-refractivity contribution in [3.05, 3.63) is 46.9 Å². The van der Waals surface area contributed by atoms with E-state index in [1.807, 2.05) is 19.9 Å². The Morgan fingerprint density at radius 1 is 1.17 bits per heavy atom. The van der Waals surface area contributed by atoms with Gasteiger partial charge in [0, 0.05) is 28.7 Å². The van der Waals surface area contributed by atoms with E-state index in [1.54, 1.807) is 6.21 Å². The van der Waals surface area contributed by atoms with Gasteiger partial charge in [0.15, 0.2) is 0 Å². The lowest BCUT2D eigenvalue weighted by molar-refractivity contribution is -0.137. The van der Waals surface area contributed by atoms with Gasteiger partial charge in [0.25, 0.3) is 0 Å². The van der Waals surface area contributed by atoms with Crippen LogP contribution in [0.5, 0.6) is 0 Å². The van der Waals surface area contributed by atoms with E-state index in [0.717, 1.165) is 29.2 Å². The maximum atomic E-state index is 12.5. The molecule has 0 radical (unpaired) electrons. The van der Waals surface area contributed by atoms with Crippen molar-refractivity contribution < 1.29 is 13.2 Å². The maximum absolute atomic E-state index is 12.5. The molecular formula is C17H21F3N4. The number of aromatic nitrogens is 2. The number of nitrogens with zero attached hydrogens (tertiary/aromatic N) is 3. The van der Waals surface area contributed by atoms with Gasteiger partial charge in [-0.2, -0.15) is 18.3 Å². The monoisotopic (exact) mass is 338 g/mol. The standard InChI is InChI=1S/C17H21F3N4/c1-11-8-13(12(2)24(11)16(3,4)5)9-22-23-15-7-6-14(10-21-15)17(18,19)20/h6-10H,1-5H3,(H,21,23)/b22-9-. The molecule has 0 aromatic carbocycles. The van der Waals surface area contributed by atoms with Crippen molar-refractivity contribution in [3.63, 3.8) is 0 Å². The van der Waals surface area contributed by atoms with E-state index in [1.165, 1.54) is 6.07 Å². The van der Waals surface area contributed by atoms with Crippen molar-refractivity contribution in [2.45, 2.75) is 46.3 Å². The van der Waals surface area contributed by atoms with E-state index in [0.29, 0.717) is 0 Å². The van der Waals surface area contributed by atoms with Crippen LogP contribution in [-0.4, -0.2) is 15.8 Å². The highest BCUT2D eigenvalue weighted by Crippen LogP contribution is 2.29. The number of hydrogen-bond acceptors (Lipinski definition) is 3. The Hall–Kier alpha value is -2.31. The molecule has 0 spiro atoms. The fourth-order valence-corrected chi connectivity index (χ4v) is 2.75. The molecule has 24 heavy (non-hydrogen) atoms. The Labute approximate surface area is 139 Å². The van der Waals surface area contributed by atoms with Crippen LogP contribution in [0.15, 0.2) is 29.5 Å². The normalized spacial score (nSPS) is 12.8. The molecule has 0 atom stereocenters. The lowest BCUT2D eigenvalue weighted by Crippen LogP contribution is -2.24. The van der Waals surface area contributed by atoms with Gasteiger partial charge in [-0.1, -0.05) is 0 Å². The number of anilines is 1. The molecular weight excluding hydrogens is 317 g/mol. The number of alkyl halides is 3. The fourth-order valence-electron chi connectivity index (χ4n) is 2.75. The van der Waals surface area contributed by atoms with E-state index in [2.05, 4.69) is 40.8 Å². The van der Waals surface area contributed by atoms with Crippen LogP contribution < -0.4 is 5.43 Å². The van der Waals surface area contributed by atoms with E-state index < -0.39 is 11.7 Å². The highest BCUT2D eigenvalue weighted by Gasteiger charge is 2.30. The van der Waals surface area contributed by atoms with Crippen molar-refractivity contribution >= 4 is 12.0 Å². The first-order valence-electron chi connectivity index (χ1n) is 7.52. The number of rotatable bonds is 3. The van der Waals surface area contributed by atoms with Gasteiger partial charge in [0.1, 0.15) is 5.82 Å². The van der Waals surface area contributed by atoms with Crippen LogP contribution in [0.2, 0.25) is 0 Å². The van der Waals surface area contributed by atoms with Gasteiger partial charge in [-0.3, -0.25) is 5.43 Å². The summed E-state index contributed by atoms with van der Waals surface area (Å²) in [4.78, 5) is 3.71. The van der Waals surface area contributed by atoms with Crippen molar-refractivity contribution in [1.82, 2.24) is 9.55 Å². The Morgan fingerprint density at radius 2 is 1.83 bits per heavy atom. The van der Waals surface area contributed by atoms with Crippen molar-refractivity contribution in [2.24, 2.45) is 5.10 Å². The van der Waals surface area contributed by atoms with Gasteiger partial charge in [-0.25, -0.2) is 4.98 Å². The van der Waals surface area contributed by atoms with Gasteiger partial charge in [-0.15, -0.1) is 0 Å². The molecule has 1 N–H and O–H groups in total. The van der Waals surface area contributed by atoms with Crippen LogP contribution in [0, 0.1) is 13.8 Å². The van der Waals surface area contributed by atoms with E-state index in [-0.39, 0.29) is 11.4 Å². The predicted octanol–water partition coefficient (Wildman–Crippen LogP) is 4.72. The van der Waals surface area contributed by atoms with Crippen molar-refractivity contribution in [3.8, 4) is 0 Å². The average molecular weight is 338 g/mol. The second kappa shape index (κ2) is 6.30. The third-order valence-corrected chi connectivity index (χ3v) is 3.61. The fraction of sp³-hybridized carbons (Fsp3) is 0.412. The van der Waals surface area contributed by atoms with Gasteiger partial charge in [0.2, 0.25) is 0 Å². The van der Waals surface area contributed by atoms with E-state index in [4.69, 9.17) is 0 Å². The minimum Gasteiger partial charge on any atom is -0.343 e. The zero-order valence-electron chi connectivity index (χ0n) is 14.4. The number of nitrogens with one attached hydrogen (secondary N) is 1. The third-order valence-electron chi connectivity index (χ3n) is 3.61. The van der Waals surface area contributed by atoms with Crippen LogP contribution in [-0.2, 0) is 11.7 Å². The second-order valence-corrected chi connectivity index (χ2v) is 6.63. The minimum absolute atomic E-state index is 0.0390. The first-order chi connectivity index (χ1) is 11.0. The molecule has 2 aromatic rings. The smallest absolute Gasteiger partial charge is 0.343 e. The summed E-state index contributed by atoms with van der Waals surface area (Å²) in [6, 6.07) is 4.24. The lowest BCUT2D eigenvalue weighted by Gasteiger charge is -2.25. The maximum Gasteiger partial charge on any atom is 0.417 e. The minimum atomic E-state index is -4.39. The SMILES string of the molecule is Cc1cc(/C=N\Nc2ccc(C(F)(F)F)cn2)c(C)n1C(C)(C)C. The molecule has 0 aliphatic carbocycles. The molecule has 2 aromatic heterocycles. The van der Waals surface area contributed by atoms with Gasteiger partial charge in [0.05, 0.1) is 11.8 Å². The topological polar surface area (TPSA) is 42.2 Å². The lowest BCUT2D eigenvalue weighted by atomic mass is 10.1. The van der Waals surface area contributed by atoms with Crippen LogP contribution in [0.4, 0.5) is 19.0 Å². The largest absolute Gasteiger partial charge is 0.417 e. The van der Waals surface area contributed by atoms with Crippen LogP contribution >= 0.6 is 0 Å². The molecule has 130 valence electrons. The van der Waals surface area contributed by atoms with Crippen LogP contribution in [0.25, 0.3) is 0 Å². The summed E-state index contributed by atoms with van der Waals surface area (Å²) in [6.45, 7) is 10.4. The average Bonchev–Trinajstić information content (AvgIpc) is 2.72. The van der Waals surface area contributed by atoms with Crippen molar-refractivity contribution in [2.75, 3.05) is 5.43 Å². The zero-order valence-corrected chi connectivity index (χ0v) is 14.4. The molecule has 4 nitrogen and oxygen atoms in total. The summed E-state index contributed by atoms with van der Waals surface area (Å²) in [5, 5.41) is 4.07. The summed E-state index contributed by atoms with van der Waals surface area (Å²) in [6.07, 6.45) is -1.97. The number of aryl methyl sites for hydroxylation is 1. The summed E-state index contributed by atoms with van der Waals surface area (Å²) < 4.78 is 39.7. The summed E-state index contributed by atoms with van der Waals surface area (Å²) in [7, 11) is 0. The summed E-state index contributed by atoms with van der Waals surface area (Å²) in [5.74, 6) is 0.254. The van der Waals surface area contributed by atoms with Crippen LogP contribution in [0.1, 0.15) is 43.3 Å². The van der Waals surface area contributed by atoms with Gasteiger partial charge in [-0.05, 0) is 52.8 Å².